The highest BCUT2D eigenvalue weighted by Crippen LogP contribution is 2.34. The van der Waals surface area contributed by atoms with Crippen LogP contribution in [0.15, 0.2) is 72.8 Å². The molecule has 0 spiro atoms. The maximum atomic E-state index is 14.2. The minimum Gasteiger partial charge on any atom is -0.497 e. The molecule has 42 heavy (non-hydrogen) atoms. The Balaban J connectivity index is 2.12. The maximum Gasteiger partial charge on any atom is 0.244 e. The van der Waals surface area contributed by atoms with Crippen LogP contribution in [0.25, 0.3) is 0 Å². The summed E-state index contributed by atoms with van der Waals surface area (Å²) in [4.78, 5) is 29.4. The Morgan fingerprint density at radius 2 is 1.60 bits per heavy atom. The van der Waals surface area contributed by atoms with Gasteiger partial charge in [0.15, 0.2) is 0 Å². The van der Waals surface area contributed by atoms with Gasteiger partial charge in [0, 0.05) is 29.6 Å². The first-order chi connectivity index (χ1) is 19.7. The number of nitrogens with zero attached hydrogens (tertiary/aromatic N) is 2. The lowest BCUT2D eigenvalue weighted by Crippen LogP contribution is -2.56. The molecule has 0 saturated heterocycles. The van der Waals surface area contributed by atoms with E-state index in [1.807, 2.05) is 51.1 Å². The molecule has 2 amide bonds. The average Bonchev–Trinajstić information content (AvgIpc) is 2.93. The van der Waals surface area contributed by atoms with Crippen LogP contribution in [0.3, 0.4) is 0 Å². The Bertz CT molecular complexity index is 1490. The lowest BCUT2D eigenvalue weighted by atomic mass is 10.0. The first kappa shape index (κ1) is 32.8. The summed E-state index contributed by atoms with van der Waals surface area (Å²) in [6.07, 6.45) is 1.21. The van der Waals surface area contributed by atoms with Gasteiger partial charge in [-0.25, -0.2) is 8.42 Å². The van der Waals surface area contributed by atoms with E-state index >= 15 is 0 Å². The van der Waals surface area contributed by atoms with Crippen LogP contribution in [-0.2, 0) is 32.6 Å². The Morgan fingerprint density at radius 3 is 2.17 bits per heavy atom. The average molecular weight is 616 g/mol. The van der Waals surface area contributed by atoms with Crippen LogP contribution in [-0.4, -0.2) is 63.7 Å². The lowest BCUT2D eigenvalue weighted by Gasteiger charge is -2.35. The van der Waals surface area contributed by atoms with Crippen molar-refractivity contribution in [2.24, 2.45) is 0 Å². The van der Waals surface area contributed by atoms with Crippen molar-refractivity contribution in [2.75, 3.05) is 31.3 Å². The summed E-state index contributed by atoms with van der Waals surface area (Å²) in [6, 6.07) is 20.0. The van der Waals surface area contributed by atoms with E-state index in [1.54, 1.807) is 30.3 Å². The monoisotopic (exact) mass is 615 g/mol. The third-order valence-electron chi connectivity index (χ3n) is 6.40. The first-order valence-corrected chi connectivity index (χ1v) is 15.5. The van der Waals surface area contributed by atoms with Crippen LogP contribution in [0, 0.1) is 0 Å². The van der Waals surface area contributed by atoms with Gasteiger partial charge in [0.2, 0.25) is 21.8 Å². The predicted octanol–water partition coefficient (Wildman–Crippen LogP) is 4.68. The number of carbonyl (C=O) groups excluding carboxylic acids is 2. The van der Waals surface area contributed by atoms with Gasteiger partial charge in [0.05, 0.1) is 26.2 Å². The molecule has 1 N–H and O–H groups in total. The van der Waals surface area contributed by atoms with Crippen molar-refractivity contribution in [1.82, 2.24) is 10.2 Å². The smallest absolute Gasteiger partial charge is 0.244 e. The van der Waals surface area contributed by atoms with Crippen LogP contribution < -0.4 is 19.1 Å². The number of hydrogen-bond acceptors (Lipinski definition) is 6. The van der Waals surface area contributed by atoms with E-state index in [-0.39, 0.29) is 30.3 Å². The van der Waals surface area contributed by atoms with Crippen LogP contribution in [0.1, 0.15) is 31.9 Å². The number of hydrogen-bond donors (Lipinski definition) is 1. The lowest BCUT2D eigenvalue weighted by molar-refractivity contribution is -0.140. The quantitative estimate of drug-likeness (QED) is 0.317. The number of halogens is 1. The van der Waals surface area contributed by atoms with Crippen LogP contribution in [0.5, 0.6) is 11.5 Å². The minimum absolute atomic E-state index is 0.0229. The molecule has 3 rings (SSSR count). The molecule has 0 aliphatic carbocycles. The Kier molecular flexibility index (Phi) is 10.9. The van der Waals surface area contributed by atoms with Gasteiger partial charge in [-0.2, -0.15) is 0 Å². The summed E-state index contributed by atoms with van der Waals surface area (Å²) >= 11 is 6.49. The fourth-order valence-corrected chi connectivity index (χ4v) is 5.45. The molecule has 0 saturated carbocycles. The van der Waals surface area contributed by atoms with Crippen molar-refractivity contribution in [3.05, 3.63) is 88.9 Å². The zero-order chi connectivity index (χ0) is 31.1. The van der Waals surface area contributed by atoms with Gasteiger partial charge in [0.25, 0.3) is 0 Å². The van der Waals surface area contributed by atoms with E-state index in [1.165, 1.54) is 31.3 Å². The molecule has 11 heteroatoms. The Hall–Kier alpha value is -3.76. The van der Waals surface area contributed by atoms with E-state index in [0.717, 1.165) is 16.1 Å². The highest BCUT2D eigenvalue weighted by molar-refractivity contribution is 7.92. The van der Waals surface area contributed by atoms with Gasteiger partial charge in [-0.15, -0.1) is 0 Å². The van der Waals surface area contributed by atoms with Crippen molar-refractivity contribution < 1.29 is 27.5 Å². The molecule has 1 atom stereocenters. The molecular formula is C31H38ClN3O6S. The van der Waals surface area contributed by atoms with Gasteiger partial charge >= 0.3 is 0 Å². The third kappa shape index (κ3) is 8.87. The number of anilines is 1. The Morgan fingerprint density at radius 1 is 0.952 bits per heavy atom. The van der Waals surface area contributed by atoms with E-state index < -0.39 is 34.1 Å². The van der Waals surface area contributed by atoms with Crippen LogP contribution in [0.2, 0.25) is 5.02 Å². The zero-order valence-corrected chi connectivity index (χ0v) is 26.3. The van der Waals surface area contributed by atoms with Gasteiger partial charge in [-0.1, -0.05) is 60.1 Å². The fourth-order valence-electron chi connectivity index (χ4n) is 4.40. The minimum atomic E-state index is -3.97. The number of ether oxygens (including phenoxy) is 2. The van der Waals surface area contributed by atoms with E-state index in [2.05, 4.69) is 5.32 Å². The van der Waals surface area contributed by atoms with Crippen molar-refractivity contribution >= 4 is 39.1 Å². The molecule has 0 aliphatic heterocycles. The molecule has 0 heterocycles. The van der Waals surface area contributed by atoms with E-state index in [9.17, 15) is 18.0 Å². The number of sulfonamides is 1. The standard InChI is InChI=1S/C31H38ClN3O6S/c1-31(2,3)33-30(37)27(18-22-12-8-7-9-13-22)34(20-23-14-10-11-15-25(23)32)29(36)21-35(42(6,38)39)26-17-16-24(40-4)19-28(26)41-5/h7-17,19,27H,18,20-21H2,1-6H3,(H,33,37)/t27-/m1/s1. The third-order valence-corrected chi connectivity index (χ3v) is 7.90. The van der Waals surface area contributed by atoms with Crippen LogP contribution >= 0.6 is 11.6 Å². The first-order valence-electron chi connectivity index (χ1n) is 13.3. The van der Waals surface area contributed by atoms with E-state index in [4.69, 9.17) is 21.1 Å². The van der Waals surface area contributed by atoms with Crippen molar-refractivity contribution in [3.63, 3.8) is 0 Å². The maximum absolute atomic E-state index is 14.2. The summed E-state index contributed by atoms with van der Waals surface area (Å²) in [5, 5.41) is 3.41. The van der Waals surface area contributed by atoms with Gasteiger partial charge in [0.1, 0.15) is 24.1 Å². The number of nitrogens with one attached hydrogen (secondary N) is 1. The second-order valence-corrected chi connectivity index (χ2v) is 13.2. The topological polar surface area (TPSA) is 105 Å². The fraction of sp³-hybridized carbons (Fsp3) is 0.355. The molecule has 226 valence electrons. The number of amides is 2. The van der Waals surface area contributed by atoms with Crippen molar-refractivity contribution in [2.45, 2.75) is 45.3 Å². The molecule has 0 fully saturated rings. The molecule has 0 aliphatic rings. The summed E-state index contributed by atoms with van der Waals surface area (Å²) in [5.74, 6) is -0.308. The molecule has 0 radical (unpaired) electrons. The second kappa shape index (κ2) is 13.9. The van der Waals surface area contributed by atoms with Crippen molar-refractivity contribution in [1.29, 1.82) is 0 Å². The number of benzene rings is 3. The normalized spacial score (nSPS) is 12.3. The summed E-state index contributed by atoms with van der Waals surface area (Å²) in [7, 11) is -1.09. The Labute approximate surface area is 253 Å². The SMILES string of the molecule is COc1ccc(N(CC(=O)N(Cc2ccccc2Cl)[C@H](Cc2ccccc2)C(=O)NC(C)(C)C)S(C)(=O)=O)c(OC)c1. The van der Waals surface area contributed by atoms with Gasteiger partial charge in [-0.05, 0) is 50.1 Å². The second-order valence-electron chi connectivity index (χ2n) is 10.9. The summed E-state index contributed by atoms with van der Waals surface area (Å²) < 4.78 is 37.8. The number of carbonyl (C=O) groups is 2. The molecule has 0 aromatic heterocycles. The molecule has 0 unspecified atom stereocenters. The number of rotatable bonds is 12. The highest BCUT2D eigenvalue weighted by Gasteiger charge is 2.35. The molecule has 3 aromatic carbocycles. The van der Waals surface area contributed by atoms with Crippen molar-refractivity contribution in [3.8, 4) is 11.5 Å². The molecule has 3 aromatic rings. The van der Waals surface area contributed by atoms with Gasteiger partial charge < -0.3 is 19.7 Å². The molecule has 0 bridgehead atoms. The molecule has 9 nitrogen and oxygen atoms in total. The highest BCUT2D eigenvalue weighted by atomic mass is 35.5. The summed E-state index contributed by atoms with van der Waals surface area (Å²) in [6.45, 7) is 4.95. The zero-order valence-electron chi connectivity index (χ0n) is 24.8. The van der Waals surface area contributed by atoms with Crippen LogP contribution in [0.4, 0.5) is 5.69 Å². The summed E-state index contributed by atoms with van der Waals surface area (Å²) in [5.41, 5.74) is 1.02. The molecular weight excluding hydrogens is 578 g/mol. The van der Waals surface area contributed by atoms with E-state index in [0.29, 0.717) is 16.3 Å². The largest absolute Gasteiger partial charge is 0.497 e. The predicted molar refractivity (Wildman–Crippen MR) is 166 cm³/mol. The number of methoxy groups -OCH3 is 2. The van der Waals surface area contributed by atoms with Gasteiger partial charge in [-0.3, -0.25) is 13.9 Å².